The zero-order chi connectivity index (χ0) is 12.4. The molecule has 2 N–H and O–H groups in total. The SMILES string of the molecule is Oc1ccc(CNc2ccc3ncsc3c2)nc1. The second-order valence-electron chi connectivity index (χ2n) is 3.90. The monoisotopic (exact) mass is 257 g/mol. The van der Waals surface area contributed by atoms with Crippen LogP contribution in [0.5, 0.6) is 5.75 Å². The number of aromatic nitrogens is 2. The van der Waals surface area contributed by atoms with Gasteiger partial charge in [0, 0.05) is 5.69 Å². The second-order valence-corrected chi connectivity index (χ2v) is 4.78. The molecule has 3 rings (SSSR count). The van der Waals surface area contributed by atoms with Gasteiger partial charge >= 0.3 is 0 Å². The number of benzene rings is 1. The topological polar surface area (TPSA) is 58.0 Å². The maximum Gasteiger partial charge on any atom is 0.133 e. The Labute approximate surface area is 108 Å². The van der Waals surface area contributed by atoms with Crippen molar-refractivity contribution >= 4 is 27.2 Å². The lowest BCUT2D eigenvalue weighted by Crippen LogP contribution is -2.00. The molecule has 0 aliphatic carbocycles. The second kappa shape index (κ2) is 4.62. The zero-order valence-electron chi connectivity index (χ0n) is 9.50. The van der Waals surface area contributed by atoms with Gasteiger partial charge in [-0.05, 0) is 30.3 Å². The van der Waals surface area contributed by atoms with Crippen molar-refractivity contribution in [2.75, 3.05) is 5.32 Å². The molecule has 5 heteroatoms. The fourth-order valence-corrected chi connectivity index (χ4v) is 2.40. The van der Waals surface area contributed by atoms with E-state index in [1.807, 2.05) is 17.6 Å². The number of hydrogen-bond donors (Lipinski definition) is 2. The van der Waals surface area contributed by atoms with Crippen LogP contribution in [0.15, 0.2) is 42.0 Å². The van der Waals surface area contributed by atoms with Crippen molar-refractivity contribution in [2.24, 2.45) is 0 Å². The molecule has 1 aromatic carbocycles. The molecule has 0 radical (unpaired) electrons. The van der Waals surface area contributed by atoms with E-state index in [1.165, 1.54) is 10.9 Å². The van der Waals surface area contributed by atoms with Crippen LogP contribution in [0.3, 0.4) is 0 Å². The van der Waals surface area contributed by atoms with Gasteiger partial charge in [0.05, 0.1) is 34.2 Å². The van der Waals surface area contributed by atoms with Crippen LogP contribution < -0.4 is 5.32 Å². The fourth-order valence-electron chi connectivity index (χ4n) is 1.68. The van der Waals surface area contributed by atoms with Gasteiger partial charge in [-0.15, -0.1) is 11.3 Å². The molecule has 0 atom stereocenters. The van der Waals surface area contributed by atoms with Crippen LogP contribution in [0.2, 0.25) is 0 Å². The number of rotatable bonds is 3. The van der Waals surface area contributed by atoms with Crippen molar-refractivity contribution in [1.82, 2.24) is 9.97 Å². The van der Waals surface area contributed by atoms with E-state index < -0.39 is 0 Å². The minimum atomic E-state index is 0.185. The van der Waals surface area contributed by atoms with E-state index in [0.717, 1.165) is 16.9 Å². The van der Waals surface area contributed by atoms with Crippen LogP contribution in [-0.2, 0) is 6.54 Å². The molecule has 0 aliphatic rings. The lowest BCUT2D eigenvalue weighted by Gasteiger charge is -2.05. The number of hydrogen-bond acceptors (Lipinski definition) is 5. The molecular weight excluding hydrogens is 246 g/mol. The molecule has 0 fully saturated rings. The minimum absolute atomic E-state index is 0.185. The Kier molecular flexibility index (Phi) is 2.82. The molecule has 18 heavy (non-hydrogen) atoms. The first-order valence-electron chi connectivity index (χ1n) is 5.52. The van der Waals surface area contributed by atoms with Crippen LogP contribution in [-0.4, -0.2) is 15.1 Å². The summed E-state index contributed by atoms with van der Waals surface area (Å²) in [6.07, 6.45) is 1.45. The summed E-state index contributed by atoms with van der Waals surface area (Å²) in [5.41, 5.74) is 4.79. The van der Waals surface area contributed by atoms with Crippen molar-refractivity contribution in [3.8, 4) is 5.75 Å². The average molecular weight is 257 g/mol. The molecule has 0 spiro atoms. The average Bonchev–Trinajstić information content (AvgIpc) is 2.85. The Balaban J connectivity index is 1.74. The molecule has 3 aromatic rings. The molecule has 2 aromatic heterocycles. The van der Waals surface area contributed by atoms with Gasteiger partial charge in [-0.2, -0.15) is 0 Å². The summed E-state index contributed by atoms with van der Waals surface area (Å²) in [4.78, 5) is 8.36. The standard InChI is InChI=1S/C13H11N3OS/c17-11-3-1-10(15-7-11)6-14-9-2-4-12-13(5-9)18-8-16-12/h1-5,7-8,14,17H,6H2. The van der Waals surface area contributed by atoms with E-state index in [1.54, 1.807) is 23.5 Å². The van der Waals surface area contributed by atoms with Crippen molar-refractivity contribution in [3.05, 3.63) is 47.7 Å². The van der Waals surface area contributed by atoms with Gasteiger partial charge in [0.25, 0.3) is 0 Å². The van der Waals surface area contributed by atoms with Crippen LogP contribution in [0, 0.1) is 0 Å². The predicted octanol–water partition coefficient (Wildman–Crippen LogP) is 3.01. The van der Waals surface area contributed by atoms with Gasteiger partial charge < -0.3 is 10.4 Å². The van der Waals surface area contributed by atoms with Crippen LogP contribution in [0.1, 0.15) is 5.69 Å². The van der Waals surface area contributed by atoms with Gasteiger partial charge in [0.2, 0.25) is 0 Å². The van der Waals surface area contributed by atoms with E-state index in [9.17, 15) is 0 Å². The van der Waals surface area contributed by atoms with Crippen molar-refractivity contribution in [3.63, 3.8) is 0 Å². The Bertz CT molecular complexity index is 663. The number of anilines is 1. The van der Waals surface area contributed by atoms with Crippen molar-refractivity contribution in [1.29, 1.82) is 0 Å². The summed E-state index contributed by atoms with van der Waals surface area (Å²) in [5.74, 6) is 0.185. The van der Waals surface area contributed by atoms with Gasteiger partial charge in [0.1, 0.15) is 5.75 Å². The maximum atomic E-state index is 9.15. The molecule has 0 bridgehead atoms. The number of aromatic hydroxyl groups is 1. The zero-order valence-corrected chi connectivity index (χ0v) is 10.3. The van der Waals surface area contributed by atoms with E-state index in [0.29, 0.717) is 6.54 Å². The highest BCUT2D eigenvalue weighted by atomic mass is 32.1. The molecule has 90 valence electrons. The Morgan fingerprint density at radius 2 is 2.11 bits per heavy atom. The predicted molar refractivity (Wildman–Crippen MR) is 72.8 cm³/mol. The van der Waals surface area contributed by atoms with E-state index in [-0.39, 0.29) is 5.75 Å². The lowest BCUT2D eigenvalue weighted by molar-refractivity contribution is 0.472. The van der Waals surface area contributed by atoms with Gasteiger partial charge in [-0.3, -0.25) is 4.98 Å². The molecule has 0 amide bonds. The first-order chi connectivity index (χ1) is 8.81. The third-order valence-electron chi connectivity index (χ3n) is 2.61. The Morgan fingerprint density at radius 1 is 1.17 bits per heavy atom. The maximum absolute atomic E-state index is 9.15. The number of fused-ring (bicyclic) bond motifs is 1. The molecule has 0 unspecified atom stereocenters. The molecular formula is C13H11N3OS. The third-order valence-corrected chi connectivity index (χ3v) is 3.41. The summed E-state index contributed by atoms with van der Waals surface area (Å²) in [7, 11) is 0. The summed E-state index contributed by atoms with van der Waals surface area (Å²) in [6, 6.07) is 9.51. The molecule has 0 saturated carbocycles. The Hall–Kier alpha value is -2.14. The highest BCUT2D eigenvalue weighted by Crippen LogP contribution is 2.22. The quantitative estimate of drug-likeness (QED) is 0.757. The number of nitrogens with one attached hydrogen (secondary N) is 1. The smallest absolute Gasteiger partial charge is 0.133 e. The molecule has 0 saturated heterocycles. The fraction of sp³-hybridized carbons (Fsp3) is 0.0769. The number of thiazole rings is 1. The van der Waals surface area contributed by atoms with Crippen LogP contribution in [0.25, 0.3) is 10.2 Å². The van der Waals surface area contributed by atoms with Crippen molar-refractivity contribution in [2.45, 2.75) is 6.54 Å². The summed E-state index contributed by atoms with van der Waals surface area (Å²) < 4.78 is 1.17. The van der Waals surface area contributed by atoms with Gasteiger partial charge in [-0.1, -0.05) is 0 Å². The van der Waals surface area contributed by atoms with E-state index in [4.69, 9.17) is 5.11 Å². The lowest BCUT2D eigenvalue weighted by atomic mass is 10.3. The minimum Gasteiger partial charge on any atom is -0.506 e. The van der Waals surface area contributed by atoms with Gasteiger partial charge in [0.15, 0.2) is 0 Å². The first kappa shape index (κ1) is 11.0. The Morgan fingerprint density at radius 3 is 2.94 bits per heavy atom. The number of pyridine rings is 1. The molecule has 2 heterocycles. The van der Waals surface area contributed by atoms with E-state index >= 15 is 0 Å². The highest BCUT2D eigenvalue weighted by Gasteiger charge is 1.99. The van der Waals surface area contributed by atoms with E-state index in [2.05, 4.69) is 21.4 Å². The summed E-state index contributed by atoms with van der Waals surface area (Å²) in [5, 5.41) is 12.4. The summed E-state index contributed by atoms with van der Waals surface area (Å²) >= 11 is 1.63. The molecule has 4 nitrogen and oxygen atoms in total. The van der Waals surface area contributed by atoms with Crippen LogP contribution >= 0.6 is 11.3 Å². The highest BCUT2D eigenvalue weighted by molar-refractivity contribution is 7.16. The first-order valence-corrected chi connectivity index (χ1v) is 6.40. The van der Waals surface area contributed by atoms with Gasteiger partial charge in [-0.25, -0.2) is 4.98 Å². The molecule has 0 aliphatic heterocycles. The number of nitrogens with zero attached hydrogens (tertiary/aromatic N) is 2. The van der Waals surface area contributed by atoms with Crippen LogP contribution in [0.4, 0.5) is 5.69 Å². The third kappa shape index (κ3) is 2.26. The van der Waals surface area contributed by atoms with Crippen molar-refractivity contribution < 1.29 is 5.11 Å². The summed E-state index contributed by atoms with van der Waals surface area (Å²) in [6.45, 7) is 0.630. The largest absolute Gasteiger partial charge is 0.506 e. The normalized spacial score (nSPS) is 10.7.